The molecule has 2 aromatic rings. The summed E-state index contributed by atoms with van der Waals surface area (Å²) in [4.78, 5) is 12.8. The SMILES string of the molecule is Cc1ccc(C)c(C(C)NC(=O)C2CCN(S(=O)(=O)/C=C/c3ccccc3)CC2)c1. The molecule has 6 heteroatoms. The zero-order chi connectivity index (χ0) is 21.7. The van der Waals surface area contributed by atoms with E-state index < -0.39 is 10.0 Å². The molecule has 1 saturated heterocycles. The van der Waals surface area contributed by atoms with Gasteiger partial charge >= 0.3 is 0 Å². The van der Waals surface area contributed by atoms with Gasteiger partial charge in [-0.2, -0.15) is 4.31 Å². The lowest BCUT2D eigenvalue weighted by atomic mass is 9.95. The van der Waals surface area contributed by atoms with Gasteiger partial charge in [0.15, 0.2) is 0 Å². The summed E-state index contributed by atoms with van der Waals surface area (Å²) < 4.78 is 26.7. The van der Waals surface area contributed by atoms with Crippen molar-refractivity contribution in [2.75, 3.05) is 13.1 Å². The molecule has 1 atom stereocenters. The van der Waals surface area contributed by atoms with Crippen LogP contribution in [0.3, 0.4) is 0 Å². The van der Waals surface area contributed by atoms with Crippen LogP contribution in [0.2, 0.25) is 0 Å². The lowest BCUT2D eigenvalue weighted by Gasteiger charge is -2.30. The van der Waals surface area contributed by atoms with Crippen molar-refractivity contribution in [3.8, 4) is 0 Å². The van der Waals surface area contributed by atoms with Crippen LogP contribution in [0.5, 0.6) is 0 Å². The van der Waals surface area contributed by atoms with Crippen LogP contribution in [-0.4, -0.2) is 31.7 Å². The number of aryl methyl sites for hydroxylation is 2. The summed E-state index contributed by atoms with van der Waals surface area (Å²) in [5.41, 5.74) is 4.28. The highest BCUT2D eigenvalue weighted by Crippen LogP contribution is 2.24. The van der Waals surface area contributed by atoms with E-state index >= 15 is 0 Å². The molecule has 1 aliphatic heterocycles. The molecule has 30 heavy (non-hydrogen) atoms. The van der Waals surface area contributed by atoms with Gasteiger partial charge in [0.25, 0.3) is 0 Å². The fraction of sp³-hybridized carbons (Fsp3) is 0.375. The first-order valence-electron chi connectivity index (χ1n) is 10.4. The largest absolute Gasteiger partial charge is 0.349 e. The van der Waals surface area contributed by atoms with Crippen LogP contribution in [0.15, 0.2) is 53.9 Å². The molecule has 0 radical (unpaired) electrons. The predicted octanol–water partition coefficient (Wildman–Crippen LogP) is 4.19. The van der Waals surface area contributed by atoms with E-state index in [9.17, 15) is 13.2 Å². The van der Waals surface area contributed by atoms with Crippen molar-refractivity contribution in [3.63, 3.8) is 0 Å². The highest BCUT2D eigenvalue weighted by atomic mass is 32.2. The zero-order valence-electron chi connectivity index (χ0n) is 17.8. The average molecular weight is 427 g/mol. The number of rotatable bonds is 6. The van der Waals surface area contributed by atoms with Crippen molar-refractivity contribution in [2.24, 2.45) is 5.92 Å². The lowest BCUT2D eigenvalue weighted by Crippen LogP contribution is -2.42. The van der Waals surface area contributed by atoms with Gasteiger partial charge in [0.2, 0.25) is 15.9 Å². The molecular formula is C24H30N2O3S. The van der Waals surface area contributed by atoms with Gasteiger partial charge in [-0.3, -0.25) is 4.79 Å². The van der Waals surface area contributed by atoms with Crippen LogP contribution in [0.1, 0.15) is 48.1 Å². The molecule has 1 unspecified atom stereocenters. The van der Waals surface area contributed by atoms with E-state index in [1.807, 2.05) is 51.1 Å². The van der Waals surface area contributed by atoms with Gasteiger partial charge in [-0.05, 0) is 56.4 Å². The molecule has 0 spiro atoms. The van der Waals surface area contributed by atoms with E-state index in [0.29, 0.717) is 25.9 Å². The van der Waals surface area contributed by atoms with Crippen LogP contribution in [0.25, 0.3) is 6.08 Å². The third-order valence-corrected chi connectivity index (χ3v) is 7.24. The van der Waals surface area contributed by atoms with Gasteiger partial charge in [0.1, 0.15) is 0 Å². The molecule has 1 heterocycles. The Morgan fingerprint density at radius 2 is 1.77 bits per heavy atom. The summed E-state index contributed by atoms with van der Waals surface area (Å²) >= 11 is 0. The molecule has 1 aliphatic rings. The minimum atomic E-state index is -3.49. The van der Waals surface area contributed by atoms with E-state index in [-0.39, 0.29) is 17.9 Å². The molecule has 1 amide bonds. The first kappa shape index (κ1) is 22.2. The molecule has 3 rings (SSSR count). The number of nitrogens with one attached hydrogen (secondary N) is 1. The van der Waals surface area contributed by atoms with E-state index in [1.54, 1.807) is 6.08 Å². The molecule has 160 valence electrons. The fourth-order valence-corrected chi connectivity index (χ4v) is 5.04. The predicted molar refractivity (Wildman–Crippen MR) is 121 cm³/mol. The summed E-state index contributed by atoms with van der Waals surface area (Å²) in [5.74, 6) is -0.164. The first-order valence-corrected chi connectivity index (χ1v) is 11.9. The van der Waals surface area contributed by atoms with E-state index in [2.05, 4.69) is 23.5 Å². The van der Waals surface area contributed by atoms with Crippen molar-refractivity contribution in [2.45, 2.75) is 39.7 Å². The Kier molecular flexibility index (Phi) is 7.10. The molecule has 0 bridgehead atoms. The number of nitrogens with zero attached hydrogens (tertiary/aromatic N) is 1. The van der Waals surface area contributed by atoms with Gasteiger partial charge in [-0.25, -0.2) is 8.42 Å². The monoisotopic (exact) mass is 426 g/mol. The smallest absolute Gasteiger partial charge is 0.236 e. The second kappa shape index (κ2) is 9.58. The topological polar surface area (TPSA) is 66.5 Å². The number of hydrogen-bond donors (Lipinski definition) is 1. The van der Waals surface area contributed by atoms with Crippen molar-refractivity contribution >= 4 is 22.0 Å². The Morgan fingerprint density at radius 1 is 1.10 bits per heavy atom. The maximum absolute atomic E-state index is 12.8. The minimum Gasteiger partial charge on any atom is -0.349 e. The van der Waals surface area contributed by atoms with Gasteiger partial charge in [0, 0.05) is 24.4 Å². The third-order valence-electron chi connectivity index (χ3n) is 5.68. The van der Waals surface area contributed by atoms with Gasteiger partial charge < -0.3 is 5.32 Å². The molecular weight excluding hydrogens is 396 g/mol. The number of piperidine rings is 1. The summed E-state index contributed by atoms with van der Waals surface area (Å²) in [6, 6.07) is 15.5. The summed E-state index contributed by atoms with van der Waals surface area (Å²) in [7, 11) is -3.49. The minimum absolute atomic E-state index is 0.000261. The Hall–Kier alpha value is -2.44. The second-order valence-electron chi connectivity index (χ2n) is 8.02. The number of benzene rings is 2. The molecule has 0 aliphatic carbocycles. The number of sulfonamides is 1. The standard InChI is InChI=1S/C24H30N2O3S/c1-18-9-10-19(2)23(17-18)20(3)25-24(27)22-11-14-26(15-12-22)30(28,29)16-13-21-7-5-4-6-8-21/h4-10,13,16-17,20,22H,11-12,14-15H2,1-3H3,(H,25,27)/b16-13+. The van der Waals surface area contributed by atoms with Gasteiger partial charge in [0.05, 0.1) is 6.04 Å². The third kappa shape index (κ3) is 5.58. The summed E-state index contributed by atoms with van der Waals surface area (Å²) in [5, 5.41) is 4.37. The van der Waals surface area contributed by atoms with Crippen LogP contribution in [-0.2, 0) is 14.8 Å². The van der Waals surface area contributed by atoms with Crippen LogP contribution in [0, 0.1) is 19.8 Å². The molecule has 2 aromatic carbocycles. The number of hydrogen-bond acceptors (Lipinski definition) is 3. The number of amides is 1. The van der Waals surface area contributed by atoms with E-state index in [0.717, 1.165) is 16.7 Å². The Labute approximate surface area is 179 Å². The first-order chi connectivity index (χ1) is 14.3. The van der Waals surface area contributed by atoms with E-state index in [4.69, 9.17) is 0 Å². The maximum atomic E-state index is 12.8. The molecule has 1 fully saturated rings. The number of carbonyl (C=O) groups excluding carboxylic acids is 1. The Bertz CT molecular complexity index is 1010. The molecule has 1 N–H and O–H groups in total. The van der Waals surface area contributed by atoms with Crippen molar-refractivity contribution in [3.05, 3.63) is 76.2 Å². The summed E-state index contributed by atoms with van der Waals surface area (Å²) in [6.07, 6.45) is 2.67. The van der Waals surface area contributed by atoms with Crippen molar-refractivity contribution < 1.29 is 13.2 Å². The Balaban J connectivity index is 1.56. The van der Waals surface area contributed by atoms with Crippen LogP contribution in [0.4, 0.5) is 0 Å². The van der Waals surface area contributed by atoms with Crippen molar-refractivity contribution in [1.82, 2.24) is 9.62 Å². The molecule has 0 aromatic heterocycles. The van der Waals surface area contributed by atoms with Gasteiger partial charge in [-0.1, -0.05) is 54.1 Å². The van der Waals surface area contributed by atoms with Gasteiger partial charge in [-0.15, -0.1) is 0 Å². The summed E-state index contributed by atoms with van der Waals surface area (Å²) in [6.45, 7) is 6.80. The molecule has 5 nitrogen and oxygen atoms in total. The Morgan fingerprint density at radius 3 is 2.43 bits per heavy atom. The fourth-order valence-electron chi connectivity index (χ4n) is 3.82. The van der Waals surface area contributed by atoms with Crippen LogP contribution >= 0.6 is 0 Å². The highest BCUT2D eigenvalue weighted by molar-refractivity contribution is 7.92. The second-order valence-corrected chi connectivity index (χ2v) is 9.84. The normalized spacial score (nSPS) is 17.2. The average Bonchev–Trinajstić information content (AvgIpc) is 2.75. The number of carbonyl (C=O) groups is 1. The zero-order valence-corrected chi connectivity index (χ0v) is 18.7. The van der Waals surface area contributed by atoms with Crippen LogP contribution < -0.4 is 5.32 Å². The lowest BCUT2D eigenvalue weighted by molar-refractivity contribution is -0.126. The highest BCUT2D eigenvalue weighted by Gasteiger charge is 2.30. The molecule has 0 saturated carbocycles. The van der Waals surface area contributed by atoms with E-state index in [1.165, 1.54) is 15.3 Å². The quantitative estimate of drug-likeness (QED) is 0.753. The maximum Gasteiger partial charge on any atom is 0.236 e. The van der Waals surface area contributed by atoms with Crippen molar-refractivity contribution in [1.29, 1.82) is 0 Å².